The number of amides is 1. The number of benzene rings is 1. The third-order valence-corrected chi connectivity index (χ3v) is 4.04. The predicted octanol–water partition coefficient (Wildman–Crippen LogP) is 2.96. The fraction of sp³-hybridized carbons (Fsp3) is 0.462. The number of carbonyl (C=O) groups is 1. The van der Waals surface area contributed by atoms with E-state index in [0.29, 0.717) is 15.7 Å². The SMILES string of the molecule is Cc1cc(F)c(Br)cc1NC(=O)C1CCCC1N. The lowest BCUT2D eigenvalue weighted by Crippen LogP contribution is -2.34. The van der Waals surface area contributed by atoms with Crippen molar-refractivity contribution in [3.8, 4) is 0 Å². The third kappa shape index (κ3) is 2.72. The van der Waals surface area contributed by atoms with E-state index < -0.39 is 0 Å². The summed E-state index contributed by atoms with van der Waals surface area (Å²) < 4.78 is 13.6. The van der Waals surface area contributed by atoms with Crippen LogP contribution in [0.15, 0.2) is 16.6 Å². The molecule has 2 atom stereocenters. The van der Waals surface area contributed by atoms with Crippen molar-refractivity contribution in [2.75, 3.05) is 5.32 Å². The van der Waals surface area contributed by atoms with Crippen LogP contribution in [-0.4, -0.2) is 11.9 Å². The quantitative estimate of drug-likeness (QED) is 0.881. The van der Waals surface area contributed by atoms with Crippen molar-refractivity contribution in [2.24, 2.45) is 11.7 Å². The number of aryl methyl sites for hydroxylation is 1. The molecule has 1 fully saturated rings. The van der Waals surface area contributed by atoms with Crippen LogP contribution < -0.4 is 11.1 Å². The number of hydrogen-bond donors (Lipinski definition) is 2. The second-order valence-corrected chi connectivity index (χ2v) is 5.63. The first-order valence-corrected chi connectivity index (χ1v) is 6.80. The molecule has 1 amide bonds. The molecule has 0 spiro atoms. The standard InChI is InChI=1S/C13H16BrFN2O/c1-7-5-10(15)9(14)6-12(7)17-13(18)8-3-2-4-11(8)16/h5-6,8,11H,2-4,16H2,1H3,(H,17,18). The number of rotatable bonds is 2. The molecule has 98 valence electrons. The minimum Gasteiger partial charge on any atom is -0.327 e. The van der Waals surface area contributed by atoms with Crippen molar-refractivity contribution < 1.29 is 9.18 Å². The van der Waals surface area contributed by atoms with Crippen molar-refractivity contribution in [3.05, 3.63) is 28.0 Å². The smallest absolute Gasteiger partial charge is 0.229 e. The Morgan fingerprint density at radius 1 is 1.50 bits per heavy atom. The van der Waals surface area contributed by atoms with Gasteiger partial charge in [0.05, 0.1) is 10.4 Å². The summed E-state index contributed by atoms with van der Waals surface area (Å²) in [5.74, 6) is -0.530. The molecule has 0 heterocycles. The van der Waals surface area contributed by atoms with Crippen molar-refractivity contribution in [2.45, 2.75) is 32.2 Å². The Kier molecular flexibility index (Phi) is 4.02. The molecule has 3 nitrogen and oxygen atoms in total. The summed E-state index contributed by atoms with van der Waals surface area (Å²) in [7, 11) is 0. The lowest BCUT2D eigenvalue weighted by Gasteiger charge is -2.16. The van der Waals surface area contributed by atoms with Gasteiger partial charge in [0, 0.05) is 11.7 Å². The largest absolute Gasteiger partial charge is 0.327 e. The van der Waals surface area contributed by atoms with Gasteiger partial charge in [-0.15, -0.1) is 0 Å². The Labute approximate surface area is 114 Å². The molecule has 0 radical (unpaired) electrons. The average Bonchev–Trinajstić information content (AvgIpc) is 2.72. The zero-order valence-electron chi connectivity index (χ0n) is 10.2. The van der Waals surface area contributed by atoms with E-state index in [0.717, 1.165) is 19.3 Å². The highest BCUT2D eigenvalue weighted by Gasteiger charge is 2.30. The number of hydrogen-bond acceptors (Lipinski definition) is 2. The van der Waals surface area contributed by atoms with Gasteiger partial charge in [-0.3, -0.25) is 4.79 Å². The van der Waals surface area contributed by atoms with Gasteiger partial charge in [0.1, 0.15) is 5.82 Å². The van der Waals surface area contributed by atoms with Crippen molar-refractivity contribution >= 4 is 27.5 Å². The molecule has 18 heavy (non-hydrogen) atoms. The van der Waals surface area contributed by atoms with Crippen LogP contribution in [0.4, 0.5) is 10.1 Å². The van der Waals surface area contributed by atoms with E-state index in [1.165, 1.54) is 6.07 Å². The average molecular weight is 315 g/mol. The maximum atomic E-state index is 13.3. The van der Waals surface area contributed by atoms with Gasteiger partial charge in [-0.1, -0.05) is 6.42 Å². The number of anilines is 1. The number of carbonyl (C=O) groups excluding carboxylic acids is 1. The van der Waals surface area contributed by atoms with Crippen LogP contribution in [0.1, 0.15) is 24.8 Å². The second kappa shape index (κ2) is 5.36. The first kappa shape index (κ1) is 13.5. The first-order chi connectivity index (χ1) is 8.49. The molecule has 0 saturated heterocycles. The molecule has 1 aliphatic rings. The highest BCUT2D eigenvalue weighted by Crippen LogP contribution is 2.28. The lowest BCUT2D eigenvalue weighted by atomic mass is 10.0. The van der Waals surface area contributed by atoms with Gasteiger partial charge in [0.25, 0.3) is 0 Å². The minimum atomic E-state index is -0.330. The van der Waals surface area contributed by atoms with Crippen molar-refractivity contribution in [1.29, 1.82) is 0 Å². The van der Waals surface area contributed by atoms with Crippen LogP contribution in [0.5, 0.6) is 0 Å². The third-order valence-electron chi connectivity index (χ3n) is 3.43. The van der Waals surface area contributed by atoms with E-state index in [4.69, 9.17) is 5.73 Å². The Bertz CT molecular complexity index is 478. The van der Waals surface area contributed by atoms with Crippen LogP contribution in [0, 0.1) is 18.7 Å². The van der Waals surface area contributed by atoms with Gasteiger partial charge in [0.15, 0.2) is 0 Å². The number of nitrogens with two attached hydrogens (primary N) is 1. The molecule has 0 aromatic heterocycles. The monoisotopic (exact) mass is 314 g/mol. The van der Waals surface area contributed by atoms with Gasteiger partial charge in [-0.25, -0.2) is 4.39 Å². The second-order valence-electron chi connectivity index (χ2n) is 4.77. The summed E-state index contributed by atoms with van der Waals surface area (Å²) in [6.07, 6.45) is 2.71. The summed E-state index contributed by atoms with van der Waals surface area (Å²) in [4.78, 5) is 12.1. The van der Waals surface area contributed by atoms with Crippen LogP contribution in [-0.2, 0) is 4.79 Å². The molecular weight excluding hydrogens is 299 g/mol. The molecule has 5 heteroatoms. The zero-order chi connectivity index (χ0) is 13.3. The van der Waals surface area contributed by atoms with Gasteiger partial charge >= 0.3 is 0 Å². The summed E-state index contributed by atoms with van der Waals surface area (Å²) >= 11 is 3.11. The highest BCUT2D eigenvalue weighted by atomic mass is 79.9. The minimum absolute atomic E-state index is 0.0609. The zero-order valence-corrected chi connectivity index (χ0v) is 11.8. The van der Waals surface area contributed by atoms with E-state index in [9.17, 15) is 9.18 Å². The molecule has 1 saturated carbocycles. The summed E-state index contributed by atoms with van der Waals surface area (Å²) in [5.41, 5.74) is 7.23. The first-order valence-electron chi connectivity index (χ1n) is 6.01. The van der Waals surface area contributed by atoms with E-state index >= 15 is 0 Å². The molecule has 1 aliphatic carbocycles. The van der Waals surface area contributed by atoms with Gasteiger partial charge in [0.2, 0.25) is 5.91 Å². The highest BCUT2D eigenvalue weighted by molar-refractivity contribution is 9.10. The van der Waals surface area contributed by atoms with Crippen LogP contribution in [0.2, 0.25) is 0 Å². The maximum Gasteiger partial charge on any atom is 0.229 e. The van der Waals surface area contributed by atoms with Gasteiger partial charge in [-0.2, -0.15) is 0 Å². The lowest BCUT2D eigenvalue weighted by molar-refractivity contribution is -0.120. The molecule has 0 bridgehead atoms. The fourth-order valence-corrected chi connectivity index (χ4v) is 2.66. The van der Waals surface area contributed by atoms with E-state index in [2.05, 4.69) is 21.2 Å². The molecule has 3 N–H and O–H groups in total. The molecule has 0 aliphatic heterocycles. The van der Waals surface area contributed by atoms with Gasteiger partial charge in [-0.05, 0) is 53.4 Å². The molecule has 1 aromatic carbocycles. The normalized spacial score (nSPS) is 23.1. The Hall–Kier alpha value is -0.940. The topological polar surface area (TPSA) is 55.1 Å². The number of halogens is 2. The number of nitrogens with one attached hydrogen (secondary N) is 1. The van der Waals surface area contributed by atoms with Crippen LogP contribution in [0.25, 0.3) is 0 Å². The summed E-state index contributed by atoms with van der Waals surface area (Å²) in [6, 6.07) is 2.92. The van der Waals surface area contributed by atoms with Crippen LogP contribution in [0.3, 0.4) is 0 Å². The Morgan fingerprint density at radius 2 is 2.22 bits per heavy atom. The Morgan fingerprint density at radius 3 is 2.83 bits per heavy atom. The molecule has 2 unspecified atom stereocenters. The van der Waals surface area contributed by atoms with E-state index in [1.807, 2.05) is 0 Å². The predicted molar refractivity (Wildman–Crippen MR) is 72.8 cm³/mol. The molecule has 2 rings (SSSR count). The van der Waals surface area contributed by atoms with Crippen molar-refractivity contribution in [1.82, 2.24) is 0 Å². The fourth-order valence-electron chi connectivity index (χ4n) is 2.32. The Balaban J connectivity index is 2.14. The summed E-state index contributed by atoms with van der Waals surface area (Å²) in [6.45, 7) is 1.76. The maximum absolute atomic E-state index is 13.3. The molecular formula is C13H16BrFN2O. The summed E-state index contributed by atoms with van der Waals surface area (Å²) in [5, 5.41) is 2.84. The van der Waals surface area contributed by atoms with Crippen LogP contribution >= 0.6 is 15.9 Å². The van der Waals surface area contributed by atoms with Gasteiger partial charge < -0.3 is 11.1 Å². The molecule has 1 aromatic rings. The van der Waals surface area contributed by atoms with Crippen molar-refractivity contribution in [3.63, 3.8) is 0 Å². The van der Waals surface area contributed by atoms with E-state index in [-0.39, 0.29) is 23.7 Å². The van der Waals surface area contributed by atoms with E-state index in [1.54, 1.807) is 13.0 Å².